The molecular formula is C20H25N5O4. The fourth-order valence-corrected chi connectivity index (χ4v) is 3.82. The van der Waals surface area contributed by atoms with Gasteiger partial charge in [-0.15, -0.1) is 0 Å². The van der Waals surface area contributed by atoms with Crippen LogP contribution in [-0.4, -0.2) is 65.5 Å². The van der Waals surface area contributed by atoms with Gasteiger partial charge in [-0.05, 0) is 23.6 Å². The number of piperazine rings is 1. The van der Waals surface area contributed by atoms with E-state index < -0.39 is 6.03 Å². The largest absolute Gasteiger partial charge is 0.354 e. The van der Waals surface area contributed by atoms with E-state index in [-0.39, 0.29) is 24.8 Å². The molecule has 2 fully saturated rings. The fraction of sp³-hybridized carbons (Fsp3) is 0.500. The third kappa shape index (κ3) is 4.09. The zero-order valence-electron chi connectivity index (χ0n) is 16.7. The monoisotopic (exact) mass is 399 g/mol. The van der Waals surface area contributed by atoms with E-state index in [4.69, 9.17) is 4.52 Å². The van der Waals surface area contributed by atoms with Gasteiger partial charge in [0.1, 0.15) is 0 Å². The highest BCUT2D eigenvalue weighted by Crippen LogP contribution is 2.28. The summed E-state index contributed by atoms with van der Waals surface area (Å²) < 4.78 is 5.36. The molecular weight excluding hydrogens is 374 g/mol. The molecule has 3 heterocycles. The number of benzene rings is 1. The molecule has 4 amide bonds. The van der Waals surface area contributed by atoms with Crippen molar-refractivity contribution >= 4 is 34.6 Å². The van der Waals surface area contributed by atoms with E-state index in [2.05, 4.69) is 29.2 Å². The van der Waals surface area contributed by atoms with Gasteiger partial charge in [-0.3, -0.25) is 24.7 Å². The number of carbonyl (C=O) groups is 3. The van der Waals surface area contributed by atoms with Gasteiger partial charge in [0.15, 0.2) is 11.4 Å². The smallest absolute Gasteiger partial charge is 0.329 e. The Kier molecular flexibility index (Phi) is 5.23. The van der Waals surface area contributed by atoms with Crippen molar-refractivity contribution < 1.29 is 18.9 Å². The van der Waals surface area contributed by atoms with E-state index in [0.29, 0.717) is 30.4 Å². The SMILES string of the molecule is CC(C)CN1CCN(Cc2ccc3onc(N4CCC(=O)NC4=O)c3c2)CC1=O. The molecule has 0 aliphatic carbocycles. The Labute approximate surface area is 168 Å². The average molecular weight is 399 g/mol. The molecule has 2 saturated heterocycles. The second kappa shape index (κ2) is 7.82. The number of carbonyl (C=O) groups excluding carboxylic acids is 3. The predicted molar refractivity (Wildman–Crippen MR) is 106 cm³/mol. The number of amides is 4. The molecule has 0 saturated carbocycles. The molecule has 2 aliphatic heterocycles. The number of imide groups is 1. The van der Waals surface area contributed by atoms with E-state index in [0.717, 1.165) is 30.6 Å². The first-order valence-corrected chi connectivity index (χ1v) is 9.90. The van der Waals surface area contributed by atoms with Crippen molar-refractivity contribution in [3.05, 3.63) is 23.8 Å². The Morgan fingerprint density at radius 1 is 1.17 bits per heavy atom. The van der Waals surface area contributed by atoms with Crippen LogP contribution in [0.4, 0.5) is 10.6 Å². The van der Waals surface area contributed by atoms with Crippen LogP contribution in [0.5, 0.6) is 0 Å². The topological polar surface area (TPSA) is 99.0 Å². The van der Waals surface area contributed by atoms with E-state index in [9.17, 15) is 14.4 Å². The highest BCUT2D eigenvalue weighted by Gasteiger charge is 2.29. The molecule has 1 N–H and O–H groups in total. The van der Waals surface area contributed by atoms with Crippen LogP contribution in [0.2, 0.25) is 0 Å². The molecule has 9 heteroatoms. The van der Waals surface area contributed by atoms with Gasteiger partial charge in [0.25, 0.3) is 0 Å². The predicted octanol–water partition coefficient (Wildman–Crippen LogP) is 1.57. The van der Waals surface area contributed by atoms with Crippen molar-refractivity contribution in [2.24, 2.45) is 5.92 Å². The Hall–Kier alpha value is -2.94. The number of nitrogens with zero attached hydrogens (tertiary/aromatic N) is 4. The molecule has 0 radical (unpaired) electrons. The van der Waals surface area contributed by atoms with Crippen molar-refractivity contribution in [2.45, 2.75) is 26.8 Å². The highest BCUT2D eigenvalue weighted by atomic mass is 16.5. The zero-order chi connectivity index (χ0) is 20.5. The third-order valence-electron chi connectivity index (χ3n) is 5.21. The molecule has 0 spiro atoms. The standard InChI is InChI=1S/C20H25N5O4/c1-13(2)10-24-8-7-23(12-18(24)27)11-14-3-4-16-15(9-14)19(22-29-16)25-6-5-17(26)21-20(25)28/h3-4,9,13H,5-8,10-12H2,1-2H3,(H,21,26,28). The number of rotatable bonds is 5. The Morgan fingerprint density at radius 3 is 2.72 bits per heavy atom. The number of urea groups is 1. The van der Waals surface area contributed by atoms with Gasteiger partial charge >= 0.3 is 6.03 Å². The Morgan fingerprint density at radius 2 is 2.00 bits per heavy atom. The summed E-state index contributed by atoms with van der Waals surface area (Å²) in [5.74, 6) is 0.735. The number of hydrogen-bond donors (Lipinski definition) is 1. The average Bonchev–Trinajstić information content (AvgIpc) is 3.07. The summed E-state index contributed by atoms with van der Waals surface area (Å²) in [5.41, 5.74) is 1.59. The van der Waals surface area contributed by atoms with Crippen molar-refractivity contribution in [2.75, 3.05) is 37.6 Å². The molecule has 9 nitrogen and oxygen atoms in total. The minimum atomic E-state index is -0.492. The van der Waals surface area contributed by atoms with Crippen molar-refractivity contribution in [3.63, 3.8) is 0 Å². The summed E-state index contributed by atoms with van der Waals surface area (Å²) in [4.78, 5) is 41.4. The van der Waals surface area contributed by atoms with Crippen LogP contribution < -0.4 is 10.2 Å². The quantitative estimate of drug-likeness (QED) is 0.820. The first-order valence-electron chi connectivity index (χ1n) is 9.90. The first kappa shape index (κ1) is 19.4. The van der Waals surface area contributed by atoms with E-state index in [1.807, 2.05) is 23.1 Å². The molecule has 0 bridgehead atoms. The van der Waals surface area contributed by atoms with Crippen LogP contribution >= 0.6 is 0 Å². The second-order valence-corrected chi connectivity index (χ2v) is 8.04. The maximum absolute atomic E-state index is 12.4. The summed E-state index contributed by atoms with van der Waals surface area (Å²) in [7, 11) is 0. The van der Waals surface area contributed by atoms with Crippen molar-refractivity contribution in [3.8, 4) is 0 Å². The molecule has 2 aliphatic rings. The lowest BCUT2D eigenvalue weighted by Gasteiger charge is -2.35. The van der Waals surface area contributed by atoms with Crippen LogP contribution in [-0.2, 0) is 16.1 Å². The summed E-state index contributed by atoms with van der Waals surface area (Å²) in [6, 6.07) is 5.22. The number of fused-ring (bicyclic) bond motifs is 1. The van der Waals surface area contributed by atoms with Crippen molar-refractivity contribution in [1.82, 2.24) is 20.3 Å². The van der Waals surface area contributed by atoms with E-state index in [1.54, 1.807) is 0 Å². The minimum Gasteiger partial charge on any atom is -0.354 e. The van der Waals surface area contributed by atoms with Gasteiger partial charge < -0.3 is 9.42 Å². The number of anilines is 1. The van der Waals surface area contributed by atoms with Crippen LogP contribution in [0.25, 0.3) is 11.0 Å². The summed E-state index contributed by atoms with van der Waals surface area (Å²) in [5, 5.41) is 7.06. The molecule has 2 aromatic rings. The maximum atomic E-state index is 12.4. The molecule has 0 atom stereocenters. The Balaban J connectivity index is 1.49. The van der Waals surface area contributed by atoms with Gasteiger partial charge in [-0.2, -0.15) is 0 Å². The molecule has 0 unspecified atom stereocenters. The van der Waals surface area contributed by atoms with Crippen LogP contribution in [0.1, 0.15) is 25.8 Å². The summed E-state index contributed by atoms with van der Waals surface area (Å²) in [6.45, 7) is 7.88. The normalized spacial score (nSPS) is 18.8. The third-order valence-corrected chi connectivity index (χ3v) is 5.21. The minimum absolute atomic E-state index is 0.159. The fourth-order valence-electron chi connectivity index (χ4n) is 3.82. The lowest BCUT2D eigenvalue weighted by atomic mass is 10.1. The number of hydrogen-bond acceptors (Lipinski definition) is 6. The van der Waals surface area contributed by atoms with Crippen LogP contribution in [0, 0.1) is 5.92 Å². The second-order valence-electron chi connectivity index (χ2n) is 8.04. The van der Waals surface area contributed by atoms with Crippen LogP contribution in [0.15, 0.2) is 22.7 Å². The zero-order valence-corrected chi connectivity index (χ0v) is 16.7. The highest BCUT2D eigenvalue weighted by molar-refractivity contribution is 6.08. The van der Waals surface area contributed by atoms with Gasteiger partial charge in [-0.1, -0.05) is 25.1 Å². The van der Waals surface area contributed by atoms with Crippen LogP contribution in [0.3, 0.4) is 0 Å². The van der Waals surface area contributed by atoms with E-state index >= 15 is 0 Å². The number of nitrogens with one attached hydrogen (secondary N) is 1. The Bertz CT molecular complexity index is 953. The first-order chi connectivity index (χ1) is 13.9. The van der Waals surface area contributed by atoms with Gasteiger partial charge in [0, 0.05) is 39.1 Å². The lowest BCUT2D eigenvalue weighted by Crippen LogP contribution is -2.50. The van der Waals surface area contributed by atoms with Gasteiger partial charge in [-0.25, -0.2) is 4.79 Å². The van der Waals surface area contributed by atoms with Crippen molar-refractivity contribution in [1.29, 1.82) is 0 Å². The van der Waals surface area contributed by atoms with E-state index in [1.165, 1.54) is 4.90 Å². The molecule has 1 aromatic carbocycles. The molecule has 1 aromatic heterocycles. The van der Waals surface area contributed by atoms with Gasteiger partial charge in [0.2, 0.25) is 11.8 Å². The lowest BCUT2D eigenvalue weighted by molar-refractivity contribution is -0.136. The maximum Gasteiger partial charge on any atom is 0.329 e. The molecule has 29 heavy (non-hydrogen) atoms. The molecule has 4 rings (SSSR count). The summed E-state index contributed by atoms with van der Waals surface area (Å²) >= 11 is 0. The molecule has 154 valence electrons. The summed E-state index contributed by atoms with van der Waals surface area (Å²) in [6.07, 6.45) is 0.225. The number of aromatic nitrogens is 1. The van der Waals surface area contributed by atoms with Gasteiger partial charge in [0.05, 0.1) is 11.9 Å².